The molecule has 2 aliphatic rings. The third kappa shape index (κ3) is 6.90. The summed E-state index contributed by atoms with van der Waals surface area (Å²) in [6.45, 7) is 1.30. The molecule has 0 atom stereocenters. The normalized spacial score (nSPS) is 15.4. The number of carbonyl (C=O) groups is 1. The first kappa shape index (κ1) is 36.9. The zero-order chi connectivity index (χ0) is 38.5. The van der Waals surface area contributed by atoms with Crippen LogP contribution in [0.4, 0.5) is 18.9 Å². The summed E-state index contributed by atoms with van der Waals surface area (Å²) in [5.41, 5.74) is 3.37. The van der Waals surface area contributed by atoms with Crippen molar-refractivity contribution in [2.45, 2.75) is 62.9 Å². The van der Waals surface area contributed by atoms with Crippen molar-refractivity contribution >= 4 is 55.0 Å². The highest BCUT2D eigenvalue weighted by atomic mass is 35.5. The van der Waals surface area contributed by atoms with Gasteiger partial charge in [-0.2, -0.15) is 21.6 Å². The summed E-state index contributed by atoms with van der Waals surface area (Å²) in [6.07, 6.45) is 6.88. The fraction of sp³-hybridized carbons (Fsp3) is 0.286. The number of nitrogens with zero attached hydrogens (tertiary/aromatic N) is 2. The lowest BCUT2D eigenvalue weighted by Gasteiger charge is -2.24. The van der Waals surface area contributed by atoms with Gasteiger partial charge >= 0.3 is 15.5 Å². The Morgan fingerprint density at radius 2 is 1.62 bits per heavy atom. The van der Waals surface area contributed by atoms with Crippen LogP contribution in [0, 0.1) is 0 Å². The van der Waals surface area contributed by atoms with E-state index in [1.807, 2.05) is 54.6 Å². The van der Waals surface area contributed by atoms with Crippen molar-refractivity contribution in [3.8, 4) is 39.4 Å². The van der Waals surface area contributed by atoms with E-state index in [-0.39, 0.29) is 11.5 Å². The Labute approximate surface area is 321 Å². The number of alkyl halides is 3. The van der Waals surface area contributed by atoms with Gasteiger partial charge in [-0.05, 0) is 109 Å². The molecule has 8 rings (SSSR count). The number of benzene rings is 4. The standard InChI is InChI=1S/C42H38ClF3N4O4S/c1-54-29-14-16-30(25-9-12-28(43)13-10-25)34(24-29)36-19-17-31-35(48-36)20-18-33-39(31)47-21-5-6-22-50-37-23-27(41(51)49-55(52,53)42(44,45)46)11-15-32(37)38(40(33)50)26-7-3-2-4-8-26/h9-20,23-24,26,47H,2-8,21-22H2,1H3,(H,49,51). The van der Waals surface area contributed by atoms with Gasteiger partial charge in [0.15, 0.2) is 0 Å². The van der Waals surface area contributed by atoms with Crippen LogP contribution >= 0.6 is 11.6 Å². The molecule has 1 aliphatic heterocycles. The zero-order valence-corrected chi connectivity index (χ0v) is 31.5. The van der Waals surface area contributed by atoms with Crippen LogP contribution in [0.15, 0.2) is 84.9 Å². The molecule has 1 aliphatic carbocycles. The van der Waals surface area contributed by atoms with Gasteiger partial charge in [-0.15, -0.1) is 0 Å². The number of nitrogens with one attached hydrogen (secondary N) is 2. The second-order valence-electron chi connectivity index (χ2n) is 14.2. The SMILES string of the molecule is COc1ccc(-c2ccc(Cl)cc2)c(-c2ccc3c4c(ccc3n2)-c2c(C3CCCCC3)c3ccc(C(=O)NS(=O)(=O)C(F)(F)F)cc3n2CCCCN4)c1. The van der Waals surface area contributed by atoms with Gasteiger partial charge in [0.25, 0.3) is 5.91 Å². The number of hydrogen-bond donors (Lipinski definition) is 2. The Morgan fingerprint density at radius 3 is 2.36 bits per heavy atom. The number of rotatable bonds is 6. The highest BCUT2D eigenvalue weighted by molar-refractivity contribution is 7.90. The van der Waals surface area contributed by atoms with Gasteiger partial charge in [0.2, 0.25) is 0 Å². The highest BCUT2D eigenvalue weighted by Gasteiger charge is 2.47. The molecule has 13 heteroatoms. The van der Waals surface area contributed by atoms with E-state index in [0.29, 0.717) is 29.4 Å². The molecule has 8 nitrogen and oxygen atoms in total. The summed E-state index contributed by atoms with van der Waals surface area (Å²) in [5.74, 6) is -0.402. The number of amides is 1. The quantitative estimate of drug-likeness (QED) is 0.174. The van der Waals surface area contributed by atoms with Crippen molar-refractivity contribution in [3.05, 3.63) is 101 Å². The third-order valence-corrected chi connectivity index (χ3v) is 12.1. The average Bonchev–Trinajstić information content (AvgIpc) is 3.54. The summed E-state index contributed by atoms with van der Waals surface area (Å²) < 4.78 is 72.2. The molecular formula is C42H38ClF3N4O4S. The number of aromatic nitrogens is 2. The number of carbonyl (C=O) groups excluding carboxylic acids is 1. The molecule has 2 aromatic heterocycles. The molecule has 3 heterocycles. The summed E-state index contributed by atoms with van der Waals surface area (Å²) in [6, 6.07) is 26.5. The molecule has 4 aromatic carbocycles. The summed E-state index contributed by atoms with van der Waals surface area (Å²) in [7, 11) is -4.24. The monoisotopic (exact) mass is 786 g/mol. The van der Waals surface area contributed by atoms with Gasteiger partial charge in [-0.25, -0.2) is 9.71 Å². The van der Waals surface area contributed by atoms with Gasteiger partial charge in [0.05, 0.1) is 29.7 Å². The van der Waals surface area contributed by atoms with E-state index in [2.05, 4.69) is 22.0 Å². The Balaban J connectivity index is 1.30. The fourth-order valence-electron chi connectivity index (χ4n) is 8.18. The molecule has 0 radical (unpaired) electrons. The number of hydrogen-bond acceptors (Lipinski definition) is 6. The Bertz CT molecular complexity index is 2570. The van der Waals surface area contributed by atoms with Crippen molar-refractivity contribution in [3.63, 3.8) is 0 Å². The molecule has 0 bridgehead atoms. The molecule has 0 spiro atoms. The minimum absolute atomic E-state index is 0.167. The summed E-state index contributed by atoms with van der Waals surface area (Å²) in [4.78, 5) is 18.2. The lowest BCUT2D eigenvalue weighted by Crippen LogP contribution is -2.40. The summed E-state index contributed by atoms with van der Waals surface area (Å²) >= 11 is 6.21. The van der Waals surface area contributed by atoms with Crippen LogP contribution < -0.4 is 14.8 Å². The van der Waals surface area contributed by atoms with E-state index >= 15 is 0 Å². The lowest BCUT2D eigenvalue weighted by atomic mass is 9.81. The topological polar surface area (TPSA) is 102 Å². The second-order valence-corrected chi connectivity index (χ2v) is 16.3. The van der Waals surface area contributed by atoms with Crippen molar-refractivity contribution in [1.82, 2.24) is 14.3 Å². The maximum atomic E-state index is 13.2. The van der Waals surface area contributed by atoms with E-state index in [4.69, 9.17) is 21.3 Å². The van der Waals surface area contributed by atoms with Gasteiger partial charge in [-0.3, -0.25) is 4.79 Å². The number of ether oxygens (including phenoxy) is 1. The molecule has 2 N–H and O–H groups in total. The van der Waals surface area contributed by atoms with E-state index in [1.165, 1.54) is 16.9 Å². The van der Waals surface area contributed by atoms with Crippen LogP contribution in [0.3, 0.4) is 0 Å². The van der Waals surface area contributed by atoms with Crippen LogP contribution in [0.25, 0.3) is 55.4 Å². The largest absolute Gasteiger partial charge is 0.516 e. The molecule has 284 valence electrons. The van der Waals surface area contributed by atoms with Crippen LogP contribution in [-0.2, 0) is 16.6 Å². The predicted octanol–water partition coefficient (Wildman–Crippen LogP) is 10.7. The van der Waals surface area contributed by atoms with Crippen LogP contribution in [0.2, 0.25) is 5.02 Å². The van der Waals surface area contributed by atoms with E-state index in [9.17, 15) is 26.4 Å². The lowest BCUT2D eigenvalue weighted by molar-refractivity contribution is -0.0446. The first-order valence-electron chi connectivity index (χ1n) is 18.4. The minimum atomic E-state index is -5.88. The molecule has 0 unspecified atom stereocenters. The number of pyridine rings is 1. The molecular weight excluding hydrogens is 749 g/mol. The molecule has 0 saturated heterocycles. The first-order valence-corrected chi connectivity index (χ1v) is 20.2. The van der Waals surface area contributed by atoms with Crippen molar-refractivity contribution < 1.29 is 31.1 Å². The van der Waals surface area contributed by atoms with Crippen LogP contribution in [0.5, 0.6) is 5.75 Å². The Morgan fingerprint density at radius 1 is 0.873 bits per heavy atom. The molecule has 6 aromatic rings. The first-order chi connectivity index (χ1) is 26.4. The maximum absolute atomic E-state index is 13.2. The van der Waals surface area contributed by atoms with E-state index < -0.39 is 21.4 Å². The van der Waals surface area contributed by atoms with Crippen LogP contribution in [-0.4, -0.2) is 43.0 Å². The fourth-order valence-corrected chi connectivity index (χ4v) is 8.78. The number of methoxy groups -OCH3 is 1. The molecule has 55 heavy (non-hydrogen) atoms. The van der Waals surface area contributed by atoms with Gasteiger partial charge < -0.3 is 14.6 Å². The molecule has 1 amide bonds. The van der Waals surface area contributed by atoms with Gasteiger partial charge in [-0.1, -0.05) is 55.1 Å². The molecule has 1 fully saturated rings. The van der Waals surface area contributed by atoms with E-state index in [0.717, 1.165) is 106 Å². The van der Waals surface area contributed by atoms with Crippen LogP contribution in [0.1, 0.15) is 66.8 Å². The number of halogens is 4. The predicted molar refractivity (Wildman–Crippen MR) is 211 cm³/mol. The van der Waals surface area contributed by atoms with Crippen molar-refractivity contribution in [2.24, 2.45) is 0 Å². The van der Waals surface area contributed by atoms with Crippen molar-refractivity contribution in [1.29, 1.82) is 0 Å². The molecule has 1 saturated carbocycles. The number of aryl methyl sites for hydroxylation is 1. The average molecular weight is 787 g/mol. The van der Waals surface area contributed by atoms with Crippen molar-refractivity contribution in [2.75, 3.05) is 19.0 Å². The smallest absolute Gasteiger partial charge is 0.497 e. The Hall–Kier alpha value is -5.07. The van der Waals surface area contributed by atoms with E-state index in [1.54, 1.807) is 13.2 Å². The second kappa shape index (κ2) is 14.5. The number of sulfonamides is 1. The maximum Gasteiger partial charge on any atom is 0.516 e. The highest BCUT2D eigenvalue weighted by Crippen LogP contribution is 2.48. The van der Waals surface area contributed by atoms with Gasteiger partial charge in [0.1, 0.15) is 5.75 Å². The third-order valence-electron chi connectivity index (χ3n) is 10.8. The minimum Gasteiger partial charge on any atom is -0.497 e. The summed E-state index contributed by atoms with van der Waals surface area (Å²) in [5, 5.41) is 6.22. The number of anilines is 1. The van der Waals surface area contributed by atoms with Gasteiger partial charge in [0, 0.05) is 51.1 Å². The Kier molecular flexibility index (Phi) is 9.75. The number of fused-ring (bicyclic) bond motifs is 7. The zero-order valence-electron chi connectivity index (χ0n) is 30.0.